The molecular weight excluding hydrogens is 228 g/mol. The van der Waals surface area contributed by atoms with Gasteiger partial charge in [-0.05, 0) is 43.0 Å². The molecule has 0 aliphatic heterocycles. The summed E-state index contributed by atoms with van der Waals surface area (Å²) < 4.78 is 0. The molecule has 0 amide bonds. The van der Waals surface area contributed by atoms with Crippen LogP contribution in [-0.2, 0) is 0 Å². The predicted octanol–water partition coefficient (Wildman–Crippen LogP) is 3.54. The van der Waals surface area contributed by atoms with E-state index in [4.69, 9.17) is 0 Å². The Morgan fingerprint density at radius 1 is 1.35 bits per heavy atom. The molecule has 1 unspecified atom stereocenters. The van der Waals surface area contributed by atoms with E-state index < -0.39 is 0 Å². The molecule has 0 fully saturated rings. The number of pyridine rings is 1. The molecular formula is C14H18N2S. The monoisotopic (exact) mass is 246 g/mol. The van der Waals surface area contributed by atoms with Gasteiger partial charge < -0.3 is 5.32 Å². The zero-order valence-corrected chi connectivity index (χ0v) is 11.1. The number of nitrogens with one attached hydrogen (secondary N) is 1. The second kappa shape index (κ2) is 5.94. The maximum atomic E-state index is 4.38. The highest BCUT2D eigenvalue weighted by Gasteiger charge is 2.14. The van der Waals surface area contributed by atoms with Crippen LogP contribution >= 0.6 is 11.3 Å². The van der Waals surface area contributed by atoms with E-state index in [2.05, 4.69) is 46.9 Å². The van der Waals surface area contributed by atoms with E-state index in [1.807, 2.05) is 13.1 Å². The SMILES string of the molecule is CCCNC(c1ccc(C)nc1)c1cccs1. The van der Waals surface area contributed by atoms with Crippen molar-refractivity contribution in [2.75, 3.05) is 6.54 Å². The first-order chi connectivity index (χ1) is 8.31. The second-order valence-corrected chi connectivity index (χ2v) is 5.11. The standard InChI is InChI=1S/C14H18N2S/c1-3-8-15-14(13-5-4-9-17-13)12-7-6-11(2)16-10-12/h4-7,9-10,14-15H,3,8H2,1-2H3. The molecule has 0 spiro atoms. The first kappa shape index (κ1) is 12.3. The van der Waals surface area contributed by atoms with Gasteiger partial charge in [0.25, 0.3) is 0 Å². The van der Waals surface area contributed by atoms with Crippen LogP contribution in [0.3, 0.4) is 0 Å². The summed E-state index contributed by atoms with van der Waals surface area (Å²) in [6.07, 6.45) is 3.11. The molecule has 0 radical (unpaired) electrons. The van der Waals surface area contributed by atoms with Crippen LogP contribution in [0.1, 0.15) is 35.5 Å². The van der Waals surface area contributed by atoms with E-state index in [0.29, 0.717) is 0 Å². The van der Waals surface area contributed by atoms with Gasteiger partial charge in [-0.1, -0.05) is 19.1 Å². The molecule has 90 valence electrons. The molecule has 0 bridgehead atoms. The summed E-state index contributed by atoms with van der Waals surface area (Å²) in [4.78, 5) is 5.73. The van der Waals surface area contributed by atoms with Crippen molar-refractivity contribution in [1.82, 2.24) is 10.3 Å². The molecule has 3 heteroatoms. The van der Waals surface area contributed by atoms with Crippen LogP contribution in [0, 0.1) is 6.92 Å². The third-order valence-electron chi connectivity index (χ3n) is 2.69. The Bertz CT molecular complexity index is 434. The molecule has 2 aromatic heterocycles. The fraction of sp³-hybridized carbons (Fsp3) is 0.357. The Hall–Kier alpha value is -1.19. The molecule has 0 saturated heterocycles. The summed E-state index contributed by atoms with van der Waals surface area (Å²) in [6, 6.07) is 8.79. The highest BCUT2D eigenvalue weighted by atomic mass is 32.1. The summed E-state index contributed by atoms with van der Waals surface area (Å²) in [5.41, 5.74) is 2.31. The lowest BCUT2D eigenvalue weighted by molar-refractivity contribution is 0.604. The van der Waals surface area contributed by atoms with Crippen molar-refractivity contribution < 1.29 is 0 Å². The Morgan fingerprint density at radius 2 is 2.24 bits per heavy atom. The smallest absolute Gasteiger partial charge is 0.0686 e. The third kappa shape index (κ3) is 3.14. The zero-order chi connectivity index (χ0) is 12.1. The van der Waals surface area contributed by atoms with Crippen LogP contribution in [0.2, 0.25) is 0 Å². The first-order valence-corrected chi connectivity index (χ1v) is 6.88. The van der Waals surface area contributed by atoms with Crippen molar-refractivity contribution in [1.29, 1.82) is 0 Å². The lowest BCUT2D eigenvalue weighted by Gasteiger charge is -2.17. The number of aryl methyl sites for hydroxylation is 1. The van der Waals surface area contributed by atoms with Gasteiger partial charge >= 0.3 is 0 Å². The fourth-order valence-corrected chi connectivity index (χ4v) is 2.60. The third-order valence-corrected chi connectivity index (χ3v) is 3.63. The largest absolute Gasteiger partial charge is 0.306 e. The van der Waals surface area contributed by atoms with E-state index in [1.54, 1.807) is 11.3 Å². The van der Waals surface area contributed by atoms with Gasteiger partial charge in [0, 0.05) is 16.8 Å². The van der Waals surface area contributed by atoms with E-state index in [9.17, 15) is 0 Å². The van der Waals surface area contributed by atoms with Crippen LogP contribution in [-0.4, -0.2) is 11.5 Å². The van der Waals surface area contributed by atoms with E-state index in [0.717, 1.165) is 18.7 Å². The van der Waals surface area contributed by atoms with Crippen molar-refractivity contribution in [2.45, 2.75) is 26.3 Å². The molecule has 2 heterocycles. The van der Waals surface area contributed by atoms with Crippen molar-refractivity contribution in [3.8, 4) is 0 Å². The van der Waals surface area contributed by atoms with Gasteiger partial charge in [-0.25, -0.2) is 0 Å². The topological polar surface area (TPSA) is 24.9 Å². The molecule has 2 nitrogen and oxygen atoms in total. The van der Waals surface area contributed by atoms with Crippen molar-refractivity contribution in [3.63, 3.8) is 0 Å². The number of nitrogens with zero attached hydrogens (tertiary/aromatic N) is 1. The molecule has 0 aliphatic rings. The van der Waals surface area contributed by atoms with Gasteiger partial charge in [-0.2, -0.15) is 0 Å². The van der Waals surface area contributed by atoms with Crippen molar-refractivity contribution >= 4 is 11.3 Å². The fourth-order valence-electron chi connectivity index (χ4n) is 1.78. The minimum atomic E-state index is 0.281. The first-order valence-electron chi connectivity index (χ1n) is 6.00. The normalized spacial score (nSPS) is 12.6. The molecule has 2 aromatic rings. The average molecular weight is 246 g/mol. The molecule has 0 aromatic carbocycles. The van der Waals surface area contributed by atoms with Crippen LogP contribution in [0.15, 0.2) is 35.8 Å². The van der Waals surface area contributed by atoms with E-state index in [-0.39, 0.29) is 6.04 Å². The molecule has 2 rings (SSSR count). The number of rotatable bonds is 5. The predicted molar refractivity (Wildman–Crippen MR) is 73.4 cm³/mol. The zero-order valence-electron chi connectivity index (χ0n) is 10.3. The van der Waals surface area contributed by atoms with Gasteiger partial charge in [0.2, 0.25) is 0 Å². The van der Waals surface area contributed by atoms with E-state index >= 15 is 0 Å². The summed E-state index contributed by atoms with van der Waals surface area (Å²) in [7, 11) is 0. The number of thiophene rings is 1. The van der Waals surface area contributed by atoms with Gasteiger partial charge in [0.05, 0.1) is 6.04 Å². The van der Waals surface area contributed by atoms with E-state index in [1.165, 1.54) is 10.4 Å². The summed E-state index contributed by atoms with van der Waals surface area (Å²) in [5, 5.41) is 5.70. The maximum absolute atomic E-state index is 4.38. The molecule has 0 aliphatic carbocycles. The number of aromatic nitrogens is 1. The highest BCUT2D eigenvalue weighted by Crippen LogP contribution is 2.25. The van der Waals surface area contributed by atoms with Crippen molar-refractivity contribution in [3.05, 3.63) is 52.0 Å². The second-order valence-electron chi connectivity index (χ2n) is 4.14. The van der Waals surface area contributed by atoms with Crippen LogP contribution in [0.5, 0.6) is 0 Å². The highest BCUT2D eigenvalue weighted by molar-refractivity contribution is 7.10. The maximum Gasteiger partial charge on any atom is 0.0686 e. The Labute approximate surface area is 107 Å². The lowest BCUT2D eigenvalue weighted by atomic mass is 10.1. The lowest BCUT2D eigenvalue weighted by Crippen LogP contribution is -2.22. The van der Waals surface area contributed by atoms with Gasteiger partial charge in [0.1, 0.15) is 0 Å². The Morgan fingerprint density at radius 3 is 2.82 bits per heavy atom. The van der Waals surface area contributed by atoms with Gasteiger partial charge in [0.15, 0.2) is 0 Å². The molecule has 1 N–H and O–H groups in total. The van der Waals surface area contributed by atoms with Gasteiger partial charge in [-0.15, -0.1) is 11.3 Å². The quantitative estimate of drug-likeness (QED) is 0.873. The summed E-state index contributed by atoms with van der Waals surface area (Å²) >= 11 is 1.79. The summed E-state index contributed by atoms with van der Waals surface area (Å²) in [5.74, 6) is 0. The Balaban J connectivity index is 2.23. The van der Waals surface area contributed by atoms with Crippen LogP contribution < -0.4 is 5.32 Å². The Kier molecular flexibility index (Phi) is 4.29. The summed E-state index contributed by atoms with van der Waals surface area (Å²) in [6.45, 7) is 5.23. The van der Waals surface area contributed by atoms with Crippen molar-refractivity contribution in [2.24, 2.45) is 0 Å². The molecule has 0 saturated carbocycles. The average Bonchev–Trinajstić information content (AvgIpc) is 2.85. The van der Waals surface area contributed by atoms with Crippen LogP contribution in [0.4, 0.5) is 0 Å². The minimum Gasteiger partial charge on any atom is -0.306 e. The van der Waals surface area contributed by atoms with Gasteiger partial charge in [-0.3, -0.25) is 4.98 Å². The number of hydrogen-bond donors (Lipinski definition) is 1. The molecule has 1 atom stereocenters. The number of hydrogen-bond acceptors (Lipinski definition) is 3. The minimum absolute atomic E-state index is 0.281. The molecule has 17 heavy (non-hydrogen) atoms. The van der Waals surface area contributed by atoms with Crippen LogP contribution in [0.25, 0.3) is 0 Å².